The molecule has 2 aromatic carbocycles. The second-order valence-corrected chi connectivity index (χ2v) is 5.84. The lowest BCUT2D eigenvalue weighted by Crippen LogP contribution is -2.23. The summed E-state index contributed by atoms with van der Waals surface area (Å²) in [6.07, 6.45) is 1.09. The maximum Gasteiger partial charge on any atom is 0.133 e. The molecule has 4 heteroatoms. The van der Waals surface area contributed by atoms with Crippen molar-refractivity contribution in [1.29, 1.82) is 0 Å². The van der Waals surface area contributed by atoms with Crippen molar-refractivity contribution in [1.82, 2.24) is 0 Å². The van der Waals surface area contributed by atoms with E-state index in [1.54, 1.807) is 7.11 Å². The van der Waals surface area contributed by atoms with E-state index < -0.39 is 0 Å². The fourth-order valence-electron chi connectivity index (χ4n) is 2.32. The van der Waals surface area contributed by atoms with Gasteiger partial charge in [-0.1, -0.05) is 19.1 Å². The maximum absolute atomic E-state index is 5.90. The van der Waals surface area contributed by atoms with Gasteiger partial charge < -0.3 is 15.4 Å². The van der Waals surface area contributed by atoms with Crippen LogP contribution in [0, 0.1) is 0 Å². The zero-order valence-corrected chi connectivity index (χ0v) is 14.1. The van der Waals surface area contributed by atoms with E-state index in [0.717, 1.165) is 41.1 Å². The average Bonchev–Trinajstić information content (AvgIpc) is 2.47. The van der Waals surface area contributed by atoms with E-state index >= 15 is 0 Å². The molecule has 0 fully saturated rings. The number of nitrogens with zero attached hydrogens (tertiary/aromatic N) is 1. The van der Waals surface area contributed by atoms with Gasteiger partial charge in [-0.05, 0) is 58.2 Å². The van der Waals surface area contributed by atoms with Gasteiger partial charge in [-0.25, -0.2) is 0 Å². The highest BCUT2D eigenvalue weighted by molar-refractivity contribution is 9.10. The third-order valence-corrected chi connectivity index (χ3v) is 3.94. The Morgan fingerprint density at radius 1 is 1.19 bits per heavy atom. The van der Waals surface area contributed by atoms with Gasteiger partial charge >= 0.3 is 0 Å². The highest BCUT2D eigenvalue weighted by Crippen LogP contribution is 2.27. The van der Waals surface area contributed by atoms with Gasteiger partial charge in [0.15, 0.2) is 0 Å². The normalized spacial score (nSPS) is 10.4. The number of nitrogen functional groups attached to an aromatic ring is 1. The zero-order chi connectivity index (χ0) is 15.2. The highest BCUT2D eigenvalue weighted by Gasteiger charge is 2.09. The molecule has 2 N–H and O–H groups in total. The van der Waals surface area contributed by atoms with Crippen LogP contribution in [-0.4, -0.2) is 13.7 Å². The topological polar surface area (TPSA) is 38.5 Å². The van der Waals surface area contributed by atoms with Crippen molar-refractivity contribution in [3.63, 3.8) is 0 Å². The zero-order valence-electron chi connectivity index (χ0n) is 12.5. The van der Waals surface area contributed by atoms with Gasteiger partial charge in [0.2, 0.25) is 0 Å². The van der Waals surface area contributed by atoms with Crippen molar-refractivity contribution < 1.29 is 4.74 Å². The molecule has 0 radical (unpaired) electrons. The second kappa shape index (κ2) is 7.36. The molecule has 21 heavy (non-hydrogen) atoms. The summed E-state index contributed by atoms with van der Waals surface area (Å²) in [6, 6.07) is 14.2. The van der Waals surface area contributed by atoms with Gasteiger partial charge in [0, 0.05) is 24.5 Å². The number of halogens is 1. The van der Waals surface area contributed by atoms with E-state index in [1.807, 2.05) is 24.3 Å². The molecule has 0 unspecified atom stereocenters. The minimum absolute atomic E-state index is 0.796. The number of hydrogen-bond donors (Lipinski definition) is 1. The molecule has 2 rings (SSSR count). The molecule has 0 saturated heterocycles. The molecule has 0 amide bonds. The van der Waals surface area contributed by atoms with Gasteiger partial charge in [-0.2, -0.15) is 0 Å². The molecule has 0 spiro atoms. The molecule has 0 aliphatic carbocycles. The van der Waals surface area contributed by atoms with Crippen molar-refractivity contribution in [3.8, 4) is 5.75 Å². The van der Waals surface area contributed by atoms with E-state index in [2.05, 4.69) is 46.0 Å². The predicted molar refractivity (Wildman–Crippen MR) is 92.9 cm³/mol. The lowest BCUT2D eigenvalue weighted by atomic mass is 10.1. The molecule has 0 atom stereocenters. The van der Waals surface area contributed by atoms with Gasteiger partial charge in [0.1, 0.15) is 5.75 Å². The van der Waals surface area contributed by atoms with Crippen LogP contribution < -0.4 is 15.4 Å². The van der Waals surface area contributed by atoms with Crippen LogP contribution in [0.5, 0.6) is 5.75 Å². The van der Waals surface area contributed by atoms with Gasteiger partial charge in [-0.3, -0.25) is 0 Å². The van der Waals surface area contributed by atoms with E-state index in [9.17, 15) is 0 Å². The smallest absolute Gasteiger partial charge is 0.133 e. The summed E-state index contributed by atoms with van der Waals surface area (Å²) in [5.74, 6) is 0.852. The number of anilines is 2. The van der Waals surface area contributed by atoms with Crippen molar-refractivity contribution in [2.75, 3.05) is 24.3 Å². The lowest BCUT2D eigenvalue weighted by molar-refractivity contribution is 0.412. The first-order valence-electron chi connectivity index (χ1n) is 7.07. The second-order valence-electron chi connectivity index (χ2n) is 4.99. The van der Waals surface area contributed by atoms with Crippen LogP contribution in [0.15, 0.2) is 46.9 Å². The molecule has 112 valence electrons. The molecule has 0 aliphatic rings. The van der Waals surface area contributed by atoms with E-state index in [-0.39, 0.29) is 0 Å². The summed E-state index contributed by atoms with van der Waals surface area (Å²) >= 11 is 3.54. The Morgan fingerprint density at radius 2 is 2.00 bits per heavy atom. The van der Waals surface area contributed by atoms with Crippen molar-refractivity contribution in [2.45, 2.75) is 19.9 Å². The number of nitrogens with two attached hydrogens (primary N) is 1. The number of rotatable bonds is 6. The highest BCUT2D eigenvalue weighted by atomic mass is 79.9. The van der Waals surface area contributed by atoms with Crippen LogP contribution in [0.4, 0.5) is 11.4 Å². The fraction of sp³-hybridized carbons (Fsp3) is 0.294. The number of ether oxygens (including phenoxy) is 1. The van der Waals surface area contributed by atoms with E-state index in [4.69, 9.17) is 10.5 Å². The van der Waals surface area contributed by atoms with Crippen LogP contribution >= 0.6 is 15.9 Å². The van der Waals surface area contributed by atoms with Crippen LogP contribution in [0.3, 0.4) is 0 Å². The van der Waals surface area contributed by atoms with Crippen LogP contribution in [-0.2, 0) is 6.54 Å². The average molecular weight is 349 g/mol. The first-order chi connectivity index (χ1) is 10.1. The lowest BCUT2D eigenvalue weighted by Gasteiger charge is -2.25. The third-order valence-electron chi connectivity index (χ3n) is 3.32. The quantitative estimate of drug-likeness (QED) is 0.783. The third kappa shape index (κ3) is 4.14. The summed E-state index contributed by atoms with van der Waals surface area (Å²) in [4.78, 5) is 2.34. The Balaban J connectivity index is 2.22. The summed E-state index contributed by atoms with van der Waals surface area (Å²) in [5.41, 5.74) is 9.08. The minimum atomic E-state index is 0.796. The molecule has 0 bridgehead atoms. The largest absolute Gasteiger partial charge is 0.496 e. The minimum Gasteiger partial charge on any atom is -0.496 e. The molecule has 2 aromatic rings. The Kier molecular flexibility index (Phi) is 5.51. The number of benzene rings is 2. The number of hydrogen-bond acceptors (Lipinski definition) is 3. The molecule has 0 aliphatic heterocycles. The molecule has 0 aromatic heterocycles. The van der Waals surface area contributed by atoms with Gasteiger partial charge in [-0.15, -0.1) is 0 Å². The van der Waals surface area contributed by atoms with Crippen LogP contribution in [0.25, 0.3) is 0 Å². The molecule has 0 saturated carbocycles. The molecular weight excluding hydrogens is 328 g/mol. The monoisotopic (exact) mass is 348 g/mol. The Hall–Kier alpha value is -1.68. The standard InChI is InChI=1S/C17H21BrN2O/c1-3-9-20(15-6-4-5-14(19)11-15)12-13-7-8-17(21-2)16(18)10-13/h4-8,10-11H,3,9,12,19H2,1-2H3. The maximum atomic E-state index is 5.90. The number of methoxy groups -OCH3 is 1. The van der Waals surface area contributed by atoms with Crippen molar-refractivity contribution in [2.24, 2.45) is 0 Å². The Labute approximate surface area is 134 Å². The predicted octanol–water partition coefficient (Wildman–Crippen LogP) is 4.46. The summed E-state index contributed by atoms with van der Waals surface area (Å²) in [5, 5.41) is 0. The van der Waals surface area contributed by atoms with Crippen LogP contribution in [0.1, 0.15) is 18.9 Å². The summed E-state index contributed by atoms with van der Waals surface area (Å²) in [7, 11) is 1.68. The molecule has 0 heterocycles. The van der Waals surface area contributed by atoms with E-state index in [1.165, 1.54) is 5.56 Å². The Morgan fingerprint density at radius 3 is 2.62 bits per heavy atom. The summed E-state index contributed by atoms with van der Waals surface area (Å²) < 4.78 is 6.25. The van der Waals surface area contributed by atoms with Gasteiger partial charge in [0.05, 0.1) is 11.6 Å². The Bertz CT molecular complexity index is 601. The first kappa shape index (κ1) is 15.7. The fourth-order valence-corrected chi connectivity index (χ4v) is 2.91. The van der Waals surface area contributed by atoms with Crippen molar-refractivity contribution >= 4 is 27.3 Å². The SMILES string of the molecule is CCCN(Cc1ccc(OC)c(Br)c1)c1cccc(N)c1. The summed E-state index contributed by atoms with van der Waals surface area (Å²) in [6.45, 7) is 4.02. The molecule has 3 nitrogen and oxygen atoms in total. The van der Waals surface area contributed by atoms with Gasteiger partial charge in [0.25, 0.3) is 0 Å². The van der Waals surface area contributed by atoms with E-state index in [0.29, 0.717) is 0 Å². The van der Waals surface area contributed by atoms with Crippen LogP contribution in [0.2, 0.25) is 0 Å². The molecular formula is C17H21BrN2O. The first-order valence-corrected chi connectivity index (χ1v) is 7.86. The van der Waals surface area contributed by atoms with Crippen molar-refractivity contribution in [3.05, 3.63) is 52.5 Å².